The standard InChI is InChI=1S/C15H27NS/c1-13(2)11-5-6-14(3,9-11)12(13)16-10-15(17-4)7-8-15/h11-12,16H,5-10H2,1-4H3/t11-,12?,14+/m0/s1. The van der Waals surface area contributed by atoms with Crippen molar-refractivity contribution in [2.45, 2.75) is 63.7 Å². The van der Waals surface area contributed by atoms with Crippen molar-refractivity contribution in [1.29, 1.82) is 0 Å². The molecule has 2 heteroatoms. The Kier molecular flexibility index (Phi) is 2.66. The van der Waals surface area contributed by atoms with Crippen molar-refractivity contribution in [1.82, 2.24) is 5.32 Å². The lowest BCUT2D eigenvalue weighted by Gasteiger charge is -2.44. The summed E-state index contributed by atoms with van der Waals surface area (Å²) in [7, 11) is 0. The molecule has 3 fully saturated rings. The average Bonchev–Trinajstić information content (AvgIpc) is 2.89. The third-order valence-electron chi connectivity index (χ3n) is 6.14. The molecule has 3 saturated carbocycles. The number of thioether (sulfide) groups is 1. The van der Waals surface area contributed by atoms with Crippen molar-refractivity contribution < 1.29 is 0 Å². The van der Waals surface area contributed by atoms with Gasteiger partial charge in [0.2, 0.25) is 0 Å². The summed E-state index contributed by atoms with van der Waals surface area (Å²) in [4.78, 5) is 0. The van der Waals surface area contributed by atoms with Crippen LogP contribution in [0, 0.1) is 16.7 Å². The highest BCUT2D eigenvalue weighted by molar-refractivity contribution is 8.00. The molecule has 0 aromatic heterocycles. The Morgan fingerprint density at radius 1 is 1.18 bits per heavy atom. The molecule has 0 radical (unpaired) electrons. The molecule has 17 heavy (non-hydrogen) atoms. The van der Waals surface area contributed by atoms with Gasteiger partial charge in [-0.25, -0.2) is 0 Å². The van der Waals surface area contributed by atoms with Gasteiger partial charge in [-0.3, -0.25) is 0 Å². The van der Waals surface area contributed by atoms with Gasteiger partial charge in [0.1, 0.15) is 0 Å². The second-order valence-electron chi connectivity index (χ2n) is 7.62. The topological polar surface area (TPSA) is 12.0 Å². The van der Waals surface area contributed by atoms with Gasteiger partial charge in [0, 0.05) is 17.3 Å². The van der Waals surface area contributed by atoms with E-state index in [2.05, 4.69) is 44.1 Å². The first-order valence-corrected chi connectivity index (χ1v) is 8.43. The smallest absolute Gasteiger partial charge is 0.0282 e. The van der Waals surface area contributed by atoms with E-state index >= 15 is 0 Å². The molecular formula is C15H27NS. The van der Waals surface area contributed by atoms with E-state index in [9.17, 15) is 0 Å². The van der Waals surface area contributed by atoms with Crippen LogP contribution in [0.4, 0.5) is 0 Å². The van der Waals surface area contributed by atoms with Crippen LogP contribution in [0.3, 0.4) is 0 Å². The summed E-state index contributed by atoms with van der Waals surface area (Å²) < 4.78 is 0.605. The van der Waals surface area contributed by atoms with Gasteiger partial charge in [-0.2, -0.15) is 11.8 Å². The fourth-order valence-corrected chi connectivity index (χ4v) is 5.43. The highest BCUT2D eigenvalue weighted by Crippen LogP contribution is 2.62. The summed E-state index contributed by atoms with van der Waals surface area (Å²) in [5.74, 6) is 0.967. The number of fused-ring (bicyclic) bond motifs is 2. The Hall–Kier alpha value is 0.310. The van der Waals surface area contributed by atoms with E-state index in [-0.39, 0.29) is 0 Å². The second-order valence-corrected chi connectivity index (χ2v) is 8.89. The summed E-state index contributed by atoms with van der Waals surface area (Å²) in [6.07, 6.45) is 9.51. The van der Waals surface area contributed by atoms with Crippen LogP contribution in [0.1, 0.15) is 52.9 Å². The zero-order valence-electron chi connectivity index (χ0n) is 11.8. The highest BCUT2D eigenvalue weighted by Gasteiger charge is 2.59. The molecule has 2 bridgehead atoms. The van der Waals surface area contributed by atoms with Crippen LogP contribution in [0.5, 0.6) is 0 Å². The number of rotatable bonds is 4. The van der Waals surface area contributed by atoms with Crippen molar-refractivity contribution >= 4 is 11.8 Å². The summed E-state index contributed by atoms with van der Waals surface area (Å²) in [6, 6.07) is 0.748. The maximum Gasteiger partial charge on any atom is 0.0282 e. The van der Waals surface area contributed by atoms with Gasteiger partial charge in [-0.15, -0.1) is 0 Å². The molecular weight excluding hydrogens is 226 g/mol. The first-order valence-electron chi connectivity index (χ1n) is 7.20. The molecule has 0 heterocycles. The van der Waals surface area contributed by atoms with Crippen molar-refractivity contribution in [2.75, 3.05) is 12.8 Å². The molecule has 1 N–H and O–H groups in total. The lowest BCUT2D eigenvalue weighted by Crippen LogP contribution is -2.52. The second kappa shape index (κ2) is 3.66. The highest BCUT2D eigenvalue weighted by atomic mass is 32.2. The van der Waals surface area contributed by atoms with Crippen LogP contribution in [0.2, 0.25) is 0 Å². The molecule has 3 aliphatic rings. The molecule has 3 aliphatic carbocycles. The maximum atomic E-state index is 3.98. The predicted octanol–water partition coefficient (Wildman–Crippen LogP) is 3.69. The fourth-order valence-electron chi connectivity index (χ4n) is 4.69. The molecule has 0 aromatic carbocycles. The van der Waals surface area contributed by atoms with Crippen LogP contribution in [0.25, 0.3) is 0 Å². The van der Waals surface area contributed by atoms with Gasteiger partial charge in [-0.05, 0) is 55.1 Å². The minimum Gasteiger partial charge on any atom is -0.312 e. The number of hydrogen-bond acceptors (Lipinski definition) is 2. The summed E-state index contributed by atoms with van der Waals surface area (Å²) in [5.41, 5.74) is 1.10. The van der Waals surface area contributed by atoms with Crippen molar-refractivity contribution in [2.24, 2.45) is 16.7 Å². The first kappa shape index (κ1) is 12.3. The fraction of sp³-hybridized carbons (Fsp3) is 1.00. The Morgan fingerprint density at radius 3 is 2.35 bits per heavy atom. The van der Waals surface area contributed by atoms with Crippen LogP contribution in [0.15, 0.2) is 0 Å². The Bertz CT molecular complexity index is 316. The SMILES string of the molecule is CSC1(CNC2C(C)(C)[C@H]3CC[C@]2(C)C3)CC1. The predicted molar refractivity (Wildman–Crippen MR) is 76.5 cm³/mol. The van der Waals surface area contributed by atoms with E-state index in [0.717, 1.165) is 12.0 Å². The van der Waals surface area contributed by atoms with E-state index in [1.807, 2.05) is 0 Å². The largest absolute Gasteiger partial charge is 0.312 e. The Labute approximate surface area is 111 Å². The van der Waals surface area contributed by atoms with Crippen LogP contribution < -0.4 is 5.32 Å². The van der Waals surface area contributed by atoms with Gasteiger partial charge >= 0.3 is 0 Å². The van der Waals surface area contributed by atoms with Crippen molar-refractivity contribution in [3.05, 3.63) is 0 Å². The molecule has 0 aromatic rings. The molecule has 98 valence electrons. The Balaban J connectivity index is 1.70. The molecule has 0 saturated heterocycles. The van der Waals surface area contributed by atoms with Gasteiger partial charge in [0.25, 0.3) is 0 Å². The van der Waals surface area contributed by atoms with E-state index in [4.69, 9.17) is 0 Å². The van der Waals surface area contributed by atoms with E-state index in [1.54, 1.807) is 0 Å². The van der Waals surface area contributed by atoms with Gasteiger partial charge in [-0.1, -0.05) is 20.8 Å². The van der Waals surface area contributed by atoms with Gasteiger partial charge in [0.05, 0.1) is 0 Å². The zero-order chi connectivity index (χ0) is 12.3. The van der Waals surface area contributed by atoms with E-state index in [1.165, 1.54) is 38.6 Å². The molecule has 1 unspecified atom stereocenters. The average molecular weight is 253 g/mol. The van der Waals surface area contributed by atoms with Crippen molar-refractivity contribution in [3.8, 4) is 0 Å². The van der Waals surface area contributed by atoms with Gasteiger partial charge in [0.15, 0.2) is 0 Å². The third-order valence-corrected chi connectivity index (χ3v) is 7.56. The summed E-state index contributed by atoms with van der Waals surface area (Å²) >= 11 is 2.08. The lowest BCUT2D eigenvalue weighted by molar-refractivity contribution is 0.109. The lowest BCUT2D eigenvalue weighted by atomic mass is 9.68. The molecule has 0 amide bonds. The first-order chi connectivity index (χ1) is 7.92. The number of hydrogen-bond donors (Lipinski definition) is 1. The molecule has 3 atom stereocenters. The monoisotopic (exact) mass is 253 g/mol. The van der Waals surface area contributed by atoms with Gasteiger partial charge < -0.3 is 5.32 Å². The van der Waals surface area contributed by atoms with Crippen molar-refractivity contribution in [3.63, 3.8) is 0 Å². The molecule has 0 aliphatic heterocycles. The maximum absolute atomic E-state index is 3.98. The molecule has 3 rings (SSSR count). The van der Waals surface area contributed by atoms with E-state index in [0.29, 0.717) is 15.6 Å². The summed E-state index contributed by atoms with van der Waals surface area (Å²) in [5, 5.41) is 3.98. The summed E-state index contributed by atoms with van der Waals surface area (Å²) in [6.45, 7) is 8.76. The quantitative estimate of drug-likeness (QED) is 0.820. The van der Waals surface area contributed by atoms with E-state index < -0.39 is 0 Å². The Morgan fingerprint density at radius 2 is 1.88 bits per heavy atom. The molecule has 1 nitrogen and oxygen atoms in total. The van der Waals surface area contributed by atoms with Crippen LogP contribution in [-0.4, -0.2) is 23.6 Å². The molecule has 0 spiro atoms. The minimum atomic E-state index is 0.515. The number of nitrogens with one attached hydrogen (secondary N) is 1. The normalized spacial score (nSPS) is 45.2. The third kappa shape index (κ3) is 1.78. The van der Waals surface area contributed by atoms with Crippen LogP contribution >= 0.6 is 11.8 Å². The zero-order valence-corrected chi connectivity index (χ0v) is 12.6. The minimum absolute atomic E-state index is 0.515. The van der Waals surface area contributed by atoms with Crippen LogP contribution in [-0.2, 0) is 0 Å².